The van der Waals surface area contributed by atoms with Crippen LogP contribution in [0.2, 0.25) is 0 Å². The first-order chi connectivity index (χ1) is 10.0. The minimum atomic E-state index is -1.12. The number of piperidine rings is 1. The number of aliphatic carboxylic acids is 1. The molecule has 2 rings (SSSR count). The highest BCUT2D eigenvalue weighted by molar-refractivity contribution is 6.07. The Morgan fingerprint density at radius 3 is 2.57 bits per heavy atom. The number of carboxylic acid groups (broad SMARTS) is 1. The van der Waals surface area contributed by atoms with E-state index in [0.717, 1.165) is 31.5 Å². The van der Waals surface area contributed by atoms with Crippen molar-refractivity contribution < 1.29 is 19.4 Å². The summed E-state index contributed by atoms with van der Waals surface area (Å²) in [6.45, 7) is 2.12. The van der Waals surface area contributed by atoms with Crippen molar-refractivity contribution in [1.29, 1.82) is 0 Å². The lowest BCUT2D eigenvalue weighted by molar-refractivity contribution is -0.135. The summed E-state index contributed by atoms with van der Waals surface area (Å²) in [4.78, 5) is 24.9. The quantitative estimate of drug-likeness (QED) is 0.665. The van der Waals surface area contributed by atoms with E-state index in [1.807, 2.05) is 12.1 Å². The number of ketones is 1. The second-order valence-electron chi connectivity index (χ2n) is 5.53. The third-order valence-corrected chi connectivity index (χ3v) is 4.03. The Bertz CT molecular complexity index is 533. The van der Waals surface area contributed by atoms with Crippen LogP contribution >= 0.6 is 0 Å². The third kappa shape index (κ3) is 3.82. The van der Waals surface area contributed by atoms with Gasteiger partial charge in [-0.05, 0) is 56.6 Å². The molecule has 1 aliphatic rings. The zero-order chi connectivity index (χ0) is 15.4. The highest BCUT2D eigenvalue weighted by Gasteiger charge is 2.21. The van der Waals surface area contributed by atoms with Crippen LogP contribution in [0.15, 0.2) is 18.2 Å². The summed E-state index contributed by atoms with van der Waals surface area (Å²) in [7, 11) is 3.62. The molecule has 1 heterocycles. The molecule has 21 heavy (non-hydrogen) atoms. The van der Waals surface area contributed by atoms with Crippen LogP contribution < -0.4 is 4.74 Å². The normalized spacial score (nSPS) is 16.7. The molecular formula is C16H21NO4. The first-order valence-electron chi connectivity index (χ1n) is 7.12. The second-order valence-corrected chi connectivity index (χ2v) is 5.53. The maximum absolute atomic E-state index is 11.9. The van der Waals surface area contributed by atoms with Gasteiger partial charge in [0, 0.05) is 0 Å². The summed E-state index contributed by atoms with van der Waals surface area (Å²) in [6.07, 6.45) is 1.66. The Labute approximate surface area is 124 Å². The first kappa shape index (κ1) is 15.5. The number of hydrogen-bond acceptors (Lipinski definition) is 4. The second kappa shape index (κ2) is 6.72. The molecule has 1 fully saturated rings. The fourth-order valence-corrected chi connectivity index (χ4v) is 2.77. The lowest BCUT2D eigenvalue weighted by atomic mass is 9.88. The Balaban J connectivity index is 2.19. The molecule has 0 bridgehead atoms. The summed E-state index contributed by atoms with van der Waals surface area (Å²) < 4.78 is 5.28. The van der Waals surface area contributed by atoms with E-state index in [4.69, 9.17) is 9.84 Å². The monoisotopic (exact) mass is 291 g/mol. The van der Waals surface area contributed by atoms with E-state index in [-0.39, 0.29) is 0 Å². The molecule has 1 aromatic rings. The number of methoxy groups -OCH3 is 1. The van der Waals surface area contributed by atoms with Gasteiger partial charge in [0.2, 0.25) is 0 Å². The van der Waals surface area contributed by atoms with E-state index in [0.29, 0.717) is 17.2 Å². The maximum Gasteiger partial charge on any atom is 0.311 e. The summed E-state index contributed by atoms with van der Waals surface area (Å²) in [5.41, 5.74) is 1.50. The molecule has 0 aliphatic carbocycles. The highest BCUT2D eigenvalue weighted by atomic mass is 16.5. The Morgan fingerprint density at radius 2 is 2.00 bits per heavy atom. The molecule has 0 atom stereocenters. The van der Waals surface area contributed by atoms with Crippen LogP contribution in [0.5, 0.6) is 5.75 Å². The van der Waals surface area contributed by atoms with Crippen LogP contribution in [-0.2, 0) is 4.79 Å². The molecule has 0 spiro atoms. The standard InChI is InChI=1S/C16H21NO4/c1-17-7-5-11(6-8-17)12-3-4-13(15(9-12)21-2)14(18)10-16(19)20/h3-4,9,11H,5-8,10H2,1-2H3,(H,19,20). The number of rotatable bonds is 5. The van der Waals surface area contributed by atoms with Crippen molar-refractivity contribution in [3.63, 3.8) is 0 Å². The van der Waals surface area contributed by atoms with Crippen molar-refractivity contribution in [3.8, 4) is 5.75 Å². The molecule has 1 aromatic carbocycles. The van der Waals surface area contributed by atoms with Gasteiger partial charge in [0.1, 0.15) is 12.2 Å². The average Bonchev–Trinajstić information content (AvgIpc) is 2.46. The smallest absolute Gasteiger partial charge is 0.311 e. The van der Waals surface area contributed by atoms with Gasteiger partial charge >= 0.3 is 5.97 Å². The van der Waals surface area contributed by atoms with E-state index >= 15 is 0 Å². The van der Waals surface area contributed by atoms with Gasteiger partial charge in [0.25, 0.3) is 0 Å². The van der Waals surface area contributed by atoms with Crippen molar-refractivity contribution in [2.45, 2.75) is 25.2 Å². The van der Waals surface area contributed by atoms with Gasteiger partial charge in [-0.25, -0.2) is 0 Å². The largest absolute Gasteiger partial charge is 0.496 e. The molecule has 5 heteroatoms. The van der Waals surface area contributed by atoms with Crippen LogP contribution in [0.25, 0.3) is 0 Å². The highest BCUT2D eigenvalue weighted by Crippen LogP contribution is 2.31. The van der Waals surface area contributed by atoms with Gasteiger partial charge in [0.15, 0.2) is 5.78 Å². The van der Waals surface area contributed by atoms with Crippen LogP contribution in [0.1, 0.15) is 41.1 Å². The topological polar surface area (TPSA) is 66.8 Å². The fourth-order valence-electron chi connectivity index (χ4n) is 2.77. The molecule has 1 N–H and O–H groups in total. The molecule has 1 aliphatic heterocycles. The molecule has 0 unspecified atom stereocenters. The molecule has 0 saturated carbocycles. The SMILES string of the molecule is COc1cc(C2CCN(C)CC2)ccc1C(=O)CC(=O)O. The maximum atomic E-state index is 11.9. The molecule has 0 amide bonds. The zero-order valence-corrected chi connectivity index (χ0v) is 12.5. The number of likely N-dealkylation sites (tertiary alicyclic amines) is 1. The third-order valence-electron chi connectivity index (χ3n) is 4.03. The number of Topliss-reactive ketones (excluding diaryl/α,β-unsaturated/α-hetero) is 1. The average molecular weight is 291 g/mol. The number of hydrogen-bond donors (Lipinski definition) is 1. The van der Waals surface area contributed by atoms with Gasteiger partial charge in [-0.15, -0.1) is 0 Å². The first-order valence-corrected chi connectivity index (χ1v) is 7.12. The predicted octanol–water partition coefficient (Wildman–Crippen LogP) is 2.16. The van der Waals surface area contributed by atoms with Crippen molar-refractivity contribution >= 4 is 11.8 Å². The van der Waals surface area contributed by atoms with E-state index in [9.17, 15) is 9.59 Å². The lowest BCUT2D eigenvalue weighted by Crippen LogP contribution is -2.29. The Kier molecular flexibility index (Phi) is 4.96. The Morgan fingerprint density at radius 1 is 1.33 bits per heavy atom. The number of carbonyl (C=O) groups is 2. The van der Waals surface area contributed by atoms with Crippen LogP contribution in [0.3, 0.4) is 0 Å². The number of carbonyl (C=O) groups excluding carboxylic acids is 1. The van der Waals surface area contributed by atoms with E-state index < -0.39 is 18.2 Å². The molecular weight excluding hydrogens is 270 g/mol. The van der Waals surface area contributed by atoms with E-state index in [1.54, 1.807) is 6.07 Å². The molecule has 1 saturated heterocycles. The van der Waals surface area contributed by atoms with Gasteiger partial charge < -0.3 is 14.7 Å². The Hall–Kier alpha value is -1.88. The summed E-state index contributed by atoms with van der Waals surface area (Å²) in [6, 6.07) is 5.50. The number of benzene rings is 1. The molecule has 0 radical (unpaired) electrons. The van der Waals surface area contributed by atoms with Crippen molar-refractivity contribution in [2.24, 2.45) is 0 Å². The fraction of sp³-hybridized carbons (Fsp3) is 0.500. The number of ether oxygens (including phenoxy) is 1. The predicted molar refractivity (Wildman–Crippen MR) is 79.0 cm³/mol. The van der Waals surface area contributed by atoms with Gasteiger partial charge in [-0.1, -0.05) is 6.07 Å². The van der Waals surface area contributed by atoms with E-state index in [2.05, 4.69) is 11.9 Å². The van der Waals surface area contributed by atoms with Crippen LogP contribution in [-0.4, -0.2) is 49.0 Å². The zero-order valence-electron chi connectivity index (χ0n) is 12.5. The van der Waals surface area contributed by atoms with Gasteiger partial charge in [-0.2, -0.15) is 0 Å². The van der Waals surface area contributed by atoms with Crippen molar-refractivity contribution in [2.75, 3.05) is 27.2 Å². The summed E-state index contributed by atoms with van der Waals surface area (Å²) in [5.74, 6) is -0.605. The van der Waals surface area contributed by atoms with Gasteiger partial charge in [-0.3, -0.25) is 9.59 Å². The minimum absolute atomic E-state index is 0.344. The van der Waals surface area contributed by atoms with Crippen LogP contribution in [0.4, 0.5) is 0 Å². The van der Waals surface area contributed by atoms with Crippen LogP contribution in [0, 0.1) is 0 Å². The number of nitrogens with zero attached hydrogens (tertiary/aromatic N) is 1. The van der Waals surface area contributed by atoms with Crippen molar-refractivity contribution in [1.82, 2.24) is 4.90 Å². The number of carboxylic acids is 1. The summed E-state index contributed by atoms with van der Waals surface area (Å²) >= 11 is 0. The van der Waals surface area contributed by atoms with Crippen molar-refractivity contribution in [3.05, 3.63) is 29.3 Å². The minimum Gasteiger partial charge on any atom is -0.496 e. The summed E-state index contributed by atoms with van der Waals surface area (Å²) in [5, 5.41) is 8.73. The molecule has 114 valence electrons. The molecule has 5 nitrogen and oxygen atoms in total. The van der Waals surface area contributed by atoms with E-state index in [1.165, 1.54) is 7.11 Å². The lowest BCUT2D eigenvalue weighted by Gasteiger charge is -2.29. The van der Waals surface area contributed by atoms with Gasteiger partial charge in [0.05, 0.1) is 12.7 Å². The molecule has 0 aromatic heterocycles.